The summed E-state index contributed by atoms with van der Waals surface area (Å²) in [7, 11) is 0. The van der Waals surface area contributed by atoms with Crippen LogP contribution in [-0.4, -0.2) is 41.5 Å². The van der Waals surface area contributed by atoms with Crippen molar-refractivity contribution in [1.29, 1.82) is 0 Å². The standard InChI is InChI=1S/C27H37N3O4/c1-8-16-30(22(31)17-28-26(33)34-27(5,6)7)24(21-14-12-18(2)13-15-21)25(32)29-23-19(3)10-9-11-20(23)4/h9-15,24H,8,16-17H2,1-7H3,(H,28,33)(H,29,32). The van der Waals surface area contributed by atoms with Crippen LogP contribution < -0.4 is 10.6 Å². The Morgan fingerprint density at radius 3 is 2.09 bits per heavy atom. The van der Waals surface area contributed by atoms with Crippen LogP contribution in [-0.2, 0) is 14.3 Å². The first-order chi connectivity index (χ1) is 15.9. The van der Waals surface area contributed by atoms with E-state index in [4.69, 9.17) is 4.74 Å². The van der Waals surface area contributed by atoms with Crippen LogP contribution in [0.3, 0.4) is 0 Å². The summed E-state index contributed by atoms with van der Waals surface area (Å²) in [5, 5.41) is 5.55. The topological polar surface area (TPSA) is 87.7 Å². The first kappa shape index (κ1) is 26.9. The molecule has 0 spiro atoms. The third-order valence-electron chi connectivity index (χ3n) is 5.25. The number of aryl methyl sites for hydroxylation is 3. The number of carbonyl (C=O) groups excluding carboxylic acids is 3. The maximum Gasteiger partial charge on any atom is 0.408 e. The highest BCUT2D eigenvalue weighted by Gasteiger charge is 2.32. The number of hydrogen-bond donors (Lipinski definition) is 2. The fourth-order valence-corrected chi connectivity index (χ4v) is 3.63. The van der Waals surface area contributed by atoms with Crippen LogP contribution in [0.4, 0.5) is 10.5 Å². The summed E-state index contributed by atoms with van der Waals surface area (Å²) >= 11 is 0. The Hall–Kier alpha value is -3.35. The van der Waals surface area contributed by atoms with E-state index in [2.05, 4.69) is 10.6 Å². The number of alkyl carbamates (subject to hydrolysis) is 1. The molecular formula is C27H37N3O4. The fraction of sp³-hybridized carbons (Fsp3) is 0.444. The van der Waals surface area contributed by atoms with E-state index in [1.807, 2.05) is 70.2 Å². The zero-order valence-electron chi connectivity index (χ0n) is 21.3. The quantitative estimate of drug-likeness (QED) is 0.568. The van der Waals surface area contributed by atoms with E-state index in [0.29, 0.717) is 18.5 Å². The van der Waals surface area contributed by atoms with Crippen molar-refractivity contribution in [2.45, 2.75) is 66.5 Å². The molecule has 3 amide bonds. The van der Waals surface area contributed by atoms with E-state index in [1.54, 1.807) is 20.8 Å². The van der Waals surface area contributed by atoms with Crippen LogP contribution in [0, 0.1) is 20.8 Å². The molecule has 0 aromatic heterocycles. The van der Waals surface area contributed by atoms with Crippen molar-refractivity contribution in [1.82, 2.24) is 10.2 Å². The molecule has 0 bridgehead atoms. The van der Waals surface area contributed by atoms with Gasteiger partial charge in [-0.15, -0.1) is 0 Å². The minimum absolute atomic E-state index is 0.270. The van der Waals surface area contributed by atoms with Crippen molar-refractivity contribution in [2.75, 3.05) is 18.4 Å². The third kappa shape index (κ3) is 7.61. The second-order valence-electron chi connectivity index (χ2n) is 9.51. The van der Waals surface area contributed by atoms with Crippen molar-refractivity contribution in [3.8, 4) is 0 Å². The first-order valence-corrected chi connectivity index (χ1v) is 11.6. The van der Waals surface area contributed by atoms with Gasteiger partial charge in [-0.25, -0.2) is 4.79 Å². The molecule has 2 aromatic carbocycles. The van der Waals surface area contributed by atoms with Gasteiger partial charge in [-0.2, -0.15) is 0 Å². The van der Waals surface area contributed by atoms with Crippen molar-refractivity contribution < 1.29 is 19.1 Å². The summed E-state index contributed by atoms with van der Waals surface area (Å²) in [6.45, 7) is 13.1. The lowest BCUT2D eigenvalue weighted by Gasteiger charge is -2.32. The van der Waals surface area contributed by atoms with Crippen LogP contribution in [0.1, 0.15) is 62.4 Å². The number of carbonyl (C=O) groups is 3. The lowest BCUT2D eigenvalue weighted by Crippen LogP contribution is -2.46. The molecule has 0 saturated heterocycles. The number of nitrogens with zero attached hydrogens (tertiary/aromatic N) is 1. The molecule has 184 valence electrons. The molecule has 7 nitrogen and oxygen atoms in total. The van der Waals surface area contributed by atoms with E-state index in [9.17, 15) is 14.4 Å². The number of nitrogens with one attached hydrogen (secondary N) is 2. The lowest BCUT2D eigenvalue weighted by atomic mass is 10.0. The van der Waals surface area contributed by atoms with Crippen molar-refractivity contribution >= 4 is 23.6 Å². The van der Waals surface area contributed by atoms with Gasteiger partial charge in [0.25, 0.3) is 5.91 Å². The highest BCUT2D eigenvalue weighted by atomic mass is 16.6. The fourth-order valence-electron chi connectivity index (χ4n) is 3.63. The number of rotatable bonds is 8. The number of amides is 3. The predicted octanol–water partition coefficient (Wildman–Crippen LogP) is 5.05. The molecule has 1 atom stereocenters. The minimum Gasteiger partial charge on any atom is -0.444 e. The van der Waals surface area contributed by atoms with Gasteiger partial charge in [-0.3, -0.25) is 9.59 Å². The molecule has 0 radical (unpaired) electrons. The van der Waals surface area contributed by atoms with Gasteiger partial charge in [-0.1, -0.05) is 55.0 Å². The maximum atomic E-state index is 13.6. The van der Waals surface area contributed by atoms with Crippen LogP contribution in [0.2, 0.25) is 0 Å². The normalized spacial score (nSPS) is 12.0. The van der Waals surface area contributed by atoms with Crippen LogP contribution in [0.25, 0.3) is 0 Å². The molecule has 7 heteroatoms. The SMILES string of the molecule is CCCN(C(=O)CNC(=O)OC(C)(C)C)C(C(=O)Nc1c(C)cccc1C)c1ccc(C)cc1. The van der Waals surface area contributed by atoms with E-state index >= 15 is 0 Å². The Kier molecular flexibility index (Phi) is 9.24. The van der Waals surface area contributed by atoms with Gasteiger partial charge in [0, 0.05) is 12.2 Å². The van der Waals surface area contributed by atoms with Crippen LogP contribution >= 0.6 is 0 Å². The van der Waals surface area contributed by atoms with Gasteiger partial charge in [0.1, 0.15) is 18.2 Å². The van der Waals surface area contributed by atoms with E-state index in [0.717, 1.165) is 22.4 Å². The molecular weight excluding hydrogens is 430 g/mol. The zero-order chi connectivity index (χ0) is 25.5. The smallest absolute Gasteiger partial charge is 0.408 e. The highest BCUT2D eigenvalue weighted by Crippen LogP contribution is 2.27. The average Bonchev–Trinajstić information content (AvgIpc) is 2.74. The summed E-state index contributed by atoms with van der Waals surface area (Å²) < 4.78 is 5.24. The molecule has 0 aliphatic rings. The predicted molar refractivity (Wildman–Crippen MR) is 135 cm³/mol. The monoisotopic (exact) mass is 467 g/mol. The summed E-state index contributed by atoms with van der Waals surface area (Å²) in [5.74, 6) is -0.671. The van der Waals surface area contributed by atoms with Crippen LogP contribution in [0.15, 0.2) is 42.5 Å². The first-order valence-electron chi connectivity index (χ1n) is 11.6. The third-order valence-corrected chi connectivity index (χ3v) is 5.25. The molecule has 34 heavy (non-hydrogen) atoms. The van der Waals surface area contributed by atoms with E-state index in [-0.39, 0.29) is 18.4 Å². The van der Waals surface area contributed by atoms with E-state index < -0.39 is 17.7 Å². The van der Waals surface area contributed by atoms with Gasteiger partial charge in [0.05, 0.1) is 0 Å². The Labute approximate surface area is 202 Å². The van der Waals surface area contributed by atoms with Gasteiger partial charge in [-0.05, 0) is 64.7 Å². The molecule has 0 aliphatic heterocycles. The molecule has 2 rings (SSSR count). The summed E-state index contributed by atoms with van der Waals surface area (Å²) in [5.41, 5.74) is 3.70. The Bertz CT molecular complexity index is 989. The summed E-state index contributed by atoms with van der Waals surface area (Å²) in [4.78, 5) is 40.5. The van der Waals surface area contributed by atoms with Crippen molar-refractivity contribution in [2.24, 2.45) is 0 Å². The van der Waals surface area contributed by atoms with Gasteiger partial charge < -0.3 is 20.3 Å². The second-order valence-corrected chi connectivity index (χ2v) is 9.51. The molecule has 0 aliphatic carbocycles. The molecule has 1 unspecified atom stereocenters. The Morgan fingerprint density at radius 1 is 0.971 bits per heavy atom. The minimum atomic E-state index is -0.854. The summed E-state index contributed by atoms with van der Waals surface area (Å²) in [6.07, 6.45) is -0.0267. The molecule has 0 heterocycles. The lowest BCUT2D eigenvalue weighted by molar-refractivity contribution is -0.138. The summed E-state index contributed by atoms with van der Waals surface area (Å²) in [6, 6.07) is 12.5. The maximum absolute atomic E-state index is 13.6. The number of anilines is 1. The number of para-hydroxylation sites is 1. The number of benzene rings is 2. The number of ether oxygens (including phenoxy) is 1. The molecule has 0 fully saturated rings. The van der Waals surface area contributed by atoms with Crippen LogP contribution in [0.5, 0.6) is 0 Å². The van der Waals surface area contributed by atoms with Gasteiger partial charge >= 0.3 is 6.09 Å². The second kappa shape index (κ2) is 11.7. The van der Waals surface area contributed by atoms with Gasteiger partial charge in [0.15, 0.2) is 0 Å². The molecule has 2 aromatic rings. The highest BCUT2D eigenvalue weighted by molar-refractivity contribution is 5.99. The average molecular weight is 468 g/mol. The van der Waals surface area contributed by atoms with Crippen molar-refractivity contribution in [3.63, 3.8) is 0 Å². The molecule has 0 saturated carbocycles. The Morgan fingerprint density at radius 2 is 1.56 bits per heavy atom. The van der Waals surface area contributed by atoms with Crippen molar-refractivity contribution in [3.05, 3.63) is 64.7 Å². The van der Waals surface area contributed by atoms with E-state index in [1.165, 1.54) is 4.90 Å². The largest absolute Gasteiger partial charge is 0.444 e. The Balaban J connectivity index is 2.35. The van der Waals surface area contributed by atoms with Gasteiger partial charge in [0.2, 0.25) is 5.91 Å². The zero-order valence-corrected chi connectivity index (χ0v) is 21.3. The number of hydrogen-bond acceptors (Lipinski definition) is 4. The molecule has 2 N–H and O–H groups in total.